The number of hydrogen-bond donors (Lipinski definition) is 2. The van der Waals surface area contributed by atoms with Crippen LogP contribution in [0.25, 0.3) is 0 Å². The number of hydrogen-bond acceptors (Lipinski definition) is 4. The SMILES string of the molecule is CCc1c(OC)ccc(CC(N)C(=O)O)c1OC. The molecule has 0 aliphatic heterocycles. The van der Waals surface area contributed by atoms with E-state index in [0.717, 1.165) is 23.3 Å². The Labute approximate surface area is 107 Å². The minimum absolute atomic E-state index is 0.232. The molecule has 100 valence electrons. The lowest BCUT2D eigenvalue weighted by molar-refractivity contribution is -0.138. The first-order chi connectivity index (χ1) is 8.54. The molecule has 0 radical (unpaired) electrons. The van der Waals surface area contributed by atoms with Crippen molar-refractivity contribution in [1.82, 2.24) is 0 Å². The van der Waals surface area contributed by atoms with Crippen molar-refractivity contribution in [3.8, 4) is 11.5 Å². The van der Waals surface area contributed by atoms with Crippen molar-refractivity contribution in [3.05, 3.63) is 23.3 Å². The van der Waals surface area contributed by atoms with Gasteiger partial charge in [0.15, 0.2) is 0 Å². The Hall–Kier alpha value is -1.75. The highest BCUT2D eigenvalue weighted by Crippen LogP contribution is 2.33. The van der Waals surface area contributed by atoms with Crippen LogP contribution in [0.15, 0.2) is 12.1 Å². The third-order valence-electron chi connectivity index (χ3n) is 2.83. The van der Waals surface area contributed by atoms with Gasteiger partial charge in [0.05, 0.1) is 14.2 Å². The average Bonchev–Trinajstić information content (AvgIpc) is 2.37. The van der Waals surface area contributed by atoms with E-state index in [9.17, 15) is 4.79 Å². The van der Waals surface area contributed by atoms with E-state index in [-0.39, 0.29) is 6.42 Å². The molecule has 0 spiro atoms. The lowest BCUT2D eigenvalue weighted by atomic mass is 10.00. The second-order valence-corrected chi connectivity index (χ2v) is 3.94. The van der Waals surface area contributed by atoms with Gasteiger partial charge in [0.2, 0.25) is 0 Å². The van der Waals surface area contributed by atoms with Crippen LogP contribution in [-0.4, -0.2) is 31.3 Å². The topological polar surface area (TPSA) is 81.8 Å². The van der Waals surface area contributed by atoms with Crippen molar-refractivity contribution in [2.24, 2.45) is 5.73 Å². The average molecular weight is 253 g/mol. The Bertz CT molecular complexity index is 431. The van der Waals surface area contributed by atoms with Gasteiger partial charge in [0.1, 0.15) is 17.5 Å². The number of rotatable bonds is 6. The first kappa shape index (κ1) is 14.3. The molecule has 0 amide bonds. The summed E-state index contributed by atoms with van der Waals surface area (Å²) >= 11 is 0. The van der Waals surface area contributed by atoms with Crippen molar-refractivity contribution < 1.29 is 19.4 Å². The highest BCUT2D eigenvalue weighted by Gasteiger charge is 2.18. The summed E-state index contributed by atoms with van der Waals surface area (Å²) in [6.45, 7) is 1.99. The lowest BCUT2D eigenvalue weighted by Crippen LogP contribution is -2.32. The normalized spacial score (nSPS) is 12.0. The summed E-state index contributed by atoms with van der Waals surface area (Å²) in [6.07, 6.45) is 0.970. The third kappa shape index (κ3) is 2.92. The zero-order valence-corrected chi connectivity index (χ0v) is 10.9. The molecule has 1 aromatic rings. The molecule has 5 nitrogen and oxygen atoms in total. The van der Waals surface area contributed by atoms with Gasteiger partial charge >= 0.3 is 5.97 Å². The Balaban J connectivity index is 3.16. The molecule has 0 aromatic heterocycles. The monoisotopic (exact) mass is 253 g/mol. The van der Waals surface area contributed by atoms with Gasteiger partial charge in [0.25, 0.3) is 0 Å². The first-order valence-corrected chi connectivity index (χ1v) is 5.76. The summed E-state index contributed by atoms with van der Waals surface area (Å²) in [7, 11) is 3.15. The number of aliphatic carboxylic acids is 1. The van der Waals surface area contributed by atoms with E-state index in [1.165, 1.54) is 0 Å². The molecular formula is C13H19NO4. The van der Waals surface area contributed by atoms with Crippen LogP contribution < -0.4 is 15.2 Å². The maximum Gasteiger partial charge on any atom is 0.320 e. The van der Waals surface area contributed by atoms with Crippen molar-refractivity contribution in [2.45, 2.75) is 25.8 Å². The lowest BCUT2D eigenvalue weighted by Gasteiger charge is -2.17. The van der Waals surface area contributed by atoms with Crippen LogP contribution in [0.1, 0.15) is 18.1 Å². The van der Waals surface area contributed by atoms with Gasteiger partial charge in [-0.25, -0.2) is 0 Å². The number of carbonyl (C=O) groups is 1. The second-order valence-electron chi connectivity index (χ2n) is 3.94. The van der Waals surface area contributed by atoms with Crippen molar-refractivity contribution in [1.29, 1.82) is 0 Å². The van der Waals surface area contributed by atoms with E-state index >= 15 is 0 Å². The summed E-state index contributed by atoms with van der Waals surface area (Å²) < 4.78 is 10.6. The van der Waals surface area contributed by atoms with Crippen molar-refractivity contribution in [3.63, 3.8) is 0 Å². The molecule has 1 aromatic carbocycles. The van der Waals surface area contributed by atoms with Gasteiger partial charge in [-0.2, -0.15) is 0 Å². The van der Waals surface area contributed by atoms with Crippen LogP contribution in [0.4, 0.5) is 0 Å². The highest BCUT2D eigenvalue weighted by atomic mass is 16.5. The fourth-order valence-corrected chi connectivity index (χ4v) is 1.92. The predicted octanol–water partition coefficient (Wildman–Crippen LogP) is 1.22. The molecule has 1 rings (SSSR count). The summed E-state index contributed by atoms with van der Waals surface area (Å²) in [5.41, 5.74) is 7.26. The van der Waals surface area contributed by atoms with E-state index in [2.05, 4.69) is 0 Å². The van der Waals surface area contributed by atoms with Gasteiger partial charge in [0, 0.05) is 12.0 Å². The van der Waals surface area contributed by atoms with Crippen LogP contribution in [0.3, 0.4) is 0 Å². The zero-order valence-electron chi connectivity index (χ0n) is 10.9. The Morgan fingerprint density at radius 1 is 1.39 bits per heavy atom. The van der Waals surface area contributed by atoms with E-state index in [4.69, 9.17) is 20.3 Å². The molecular weight excluding hydrogens is 234 g/mol. The van der Waals surface area contributed by atoms with Crippen LogP contribution in [0.2, 0.25) is 0 Å². The number of methoxy groups -OCH3 is 2. The molecule has 0 heterocycles. The molecule has 18 heavy (non-hydrogen) atoms. The van der Waals surface area contributed by atoms with Crippen LogP contribution in [-0.2, 0) is 17.6 Å². The molecule has 0 saturated carbocycles. The fourth-order valence-electron chi connectivity index (χ4n) is 1.92. The number of carboxylic acid groups (broad SMARTS) is 1. The number of nitrogens with two attached hydrogens (primary N) is 1. The number of benzene rings is 1. The first-order valence-electron chi connectivity index (χ1n) is 5.76. The molecule has 0 saturated heterocycles. The maximum atomic E-state index is 10.8. The van der Waals surface area contributed by atoms with E-state index in [1.807, 2.05) is 13.0 Å². The van der Waals surface area contributed by atoms with Crippen molar-refractivity contribution in [2.75, 3.05) is 14.2 Å². The van der Waals surface area contributed by atoms with Gasteiger partial charge in [-0.3, -0.25) is 4.79 Å². The molecule has 5 heteroatoms. The molecule has 0 aliphatic carbocycles. The van der Waals surface area contributed by atoms with Gasteiger partial charge in [-0.05, 0) is 18.1 Å². The van der Waals surface area contributed by atoms with Crippen LogP contribution in [0.5, 0.6) is 11.5 Å². The van der Waals surface area contributed by atoms with Crippen molar-refractivity contribution >= 4 is 5.97 Å². The minimum Gasteiger partial charge on any atom is -0.496 e. The van der Waals surface area contributed by atoms with E-state index < -0.39 is 12.0 Å². The quantitative estimate of drug-likeness (QED) is 0.796. The Kier molecular flexibility index (Phi) is 4.97. The minimum atomic E-state index is -1.02. The van der Waals surface area contributed by atoms with Gasteiger partial charge < -0.3 is 20.3 Å². The van der Waals surface area contributed by atoms with E-state index in [0.29, 0.717) is 5.75 Å². The molecule has 0 bridgehead atoms. The standard InChI is InChI=1S/C13H19NO4/c1-4-9-11(17-2)6-5-8(12(9)18-3)7-10(14)13(15)16/h5-6,10H,4,7,14H2,1-3H3,(H,15,16). The Morgan fingerprint density at radius 3 is 2.50 bits per heavy atom. The largest absolute Gasteiger partial charge is 0.496 e. The second kappa shape index (κ2) is 6.26. The molecule has 1 unspecified atom stereocenters. The molecule has 0 fully saturated rings. The predicted molar refractivity (Wildman–Crippen MR) is 68.2 cm³/mol. The molecule has 0 aliphatic rings. The smallest absolute Gasteiger partial charge is 0.320 e. The number of carboxylic acids is 1. The highest BCUT2D eigenvalue weighted by molar-refractivity contribution is 5.73. The molecule has 1 atom stereocenters. The number of ether oxygens (including phenoxy) is 2. The zero-order chi connectivity index (χ0) is 13.7. The molecule has 3 N–H and O–H groups in total. The summed E-state index contributed by atoms with van der Waals surface area (Å²) in [5.74, 6) is 0.376. The van der Waals surface area contributed by atoms with Gasteiger partial charge in [-0.1, -0.05) is 13.0 Å². The van der Waals surface area contributed by atoms with Gasteiger partial charge in [-0.15, -0.1) is 0 Å². The van der Waals surface area contributed by atoms with Crippen LogP contribution in [0, 0.1) is 0 Å². The van der Waals surface area contributed by atoms with E-state index in [1.54, 1.807) is 20.3 Å². The Morgan fingerprint density at radius 2 is 2.06 bits per heavy atom. The third-order valence-corrected chi connectivity index (χ3v) is 2.83. The summed E-state index contributed by atoms with van der Waals surface area (Å²) in [5, 5.41) is 8.84. The summed E-state index contributed by atoms with van der Waals surface area (Å²) in [4.78, 5) is 10.8. The van der Waals surface area contributed by atoms with Crippen LogP contribution >= 0.6 is 0 Å². The summed E-state index contributed by atoms with van der Waals surface area (Å²) in [6, 6.07) is 2.67. The maximum absolute atomic E-state index is 10.8. The fraction of sp³-hybridized carbons (Fsp3) is 0.462.